The van der Waals surface area contributed by atoms with Crippen molar-refractivity contribution in [2.45, 2.75) is 31.7 Å². The van der Waals surface area contributed by atoms with Crippen LogP contribution in [-0.2, 0) is 4.74 Å². The number of hydrogen-bond donors (Lipinski definition) is 0. The standard InChI is InChI=1S/C5H15B3O/c1-4(2-6)9-5(8)3-7/h4-5H,2-3,6-8H2,1H3/t4-,5+/m1/s1. The lowest BCUT2D eigenvalue weighted by Crippen LogP contribution is -2.19. The number of rotatable bonds is 4. The third-order valence-corrected chi connectivity index (χ3v) is 1.61. The Bertz CT molecular complexity index is 61.2. The Morgan fingerprint density at radius 3 is 2.22 bits per heavy atom. The average Bonchev–Trinajstić information content (AvgIpc) is 1.87. The van der Waals surface area contributed by atoms with Gasteiger partial charge in [-0.1, -0.05) is 12.6 Å². The first-order valence-corrected chi connectivity index (χ1v) is 3.86. The van der Waals surface area contributed by atoms with E-state index in [0.717, 1.165) is 12.6 Å². The minimum Gasteiger partial charge on any atom is -0.386 e. The van der Waals surface area contributed by atoms with Gasteiger partial charge in [-0.05, 0) is 6.92 Å². The van der Waals surface area contributed by atoms with Gasteiger partial charge in [0.05, 0.1) is 0 Å². The SMILES string of the molecule is BC[C@@H](B)O[C@H](C)CB. The highest BCUT2D eigenvalue weighted by Crippen LogP contribution is 2.00. The van der Waals surface area contributed by atoms with Crippen LogP contribution in [0.25, 0.3) is 0 Å². The van der Waals surface area contributed by atoms with E-state index < -0.39 is 0 Å². The highest BCUT2D eigenvalue weighted by molar-refractivity contribution is 6.18. The van der Waals surface area contributed by atoms with Gasteiger partial charge in [0.2, 0.25) is 0 Å². The van der Waals surface area contributed by atoms with Crippen LogP contribution in [0.4, 0.5) is 0 Å². The average molecular weight is 124 g/mol. The summed E-state index contributed by atoms with van der Waals surface area (Å²) < 4.78 is 5.55. The first kappa shape index (κ1) is 9.15. The van der Waals surface area contributed by atoms with Gasteiger partial charge in [-0.25, -0.2) is 0 Å². The molecule has 0 saturated carbocycles. The van der Waals surface area contributed by atoms with Gasteiger partial charge in [-0.2, -0.15) is 0 Å². The maximum Gasteiger partial charge on any atom is 0.138 e. The Hall–Kier alpha value is 0.155. The molecule has 0 spiro atoms. The molecule has 0 amide bonds. The second-order valence-corrected chi connectivity index (χ2v) is 2.57. The van der Waals surface area contributed by atoms with Gasteiger partial charge in [-0.3, -0.25) is 0 Å². The molecular formula is C5H15B3O. The van der Waals surface area contributed by atoms with E-state index in [9.17, 15) is 0 Å². The van der Waals surface area contributed by atoms with Gasteiger partial charge in [0.15, 0.2) is 0 Å². The molecule has 0 rings (SSSR count). The second kappa shape index (κ2) is 4.98. The molecule has 4 heteroatoms. The van der Waals surface area contributed by atoms with Crippen LogP contribution in [-0.4, -0.2) is 35.6 Å². The van der Waals surface area contributed by atoms with Crippen molar-refractivity contribution in [1.29, 1.82) is 0 Å². The van der Waals surface area contributed by atoms with Crippen molar-refractivity contribution < 1.29 is 4.74 Å². The van der Waals surface area contributed by atoms with Crippen molar-refractivity contribution in [1.82, 2.24) is 0 Å². The van der Waals surface area contributed by atoms with Crippen LogP contribution in [0.1, 0.15) is 6.92 Å². The summed E-state index contributed by atoms with van der Waals surface area (Å²) >= 11 is 0. The quantitative estimate of drug-likeness (QED) is 0.412. The number of ether oxygens (including phenoxy) is 1. The van der Waals surface area contributed by atoms with Crippen molar-refractivity contribution in [2.24, 2.45) is 0 Å². The topological polar surface area (TPSA) is 9.23 Å². The van der Waals surface area contributed by atoms with Gasteiger partial charge in [-0.15, -0.1) is 0 Å². The first-order valence-electron chi connectivity index (χ1n) is 3.86. The molecule has 0 fully saturated rings. The summed E-state index contributed by atoms with van der Waals surface area (Å²) in [5.74, 6) is 0. The minimum atomic E-state index is 0.431. The Balaban J connectivity index is 3.22. The maximum atomic E-state index is 5.55. The van der Waals surface area contributed by atoms with Gasteiger partial charge in [0, 0.05) is 12.1 Å². The Kier molecular flexibility index (Phi) is 5.07. The van der Waals surface area contributed by atoms with Crippen LogP contribution in [0.3, 0.4) is 0 Å². The zero-order valence-electron chi connectivity index (χ0n) is 6.98. The monoisotopic (exact) mass is 124 g/mol. The van der Waals surface area contributed by atoms with E-state index in [1.165, 1.54) is 0 Å². The lowest BCUT2D eigenvalue weighted by atomic mass is 9.86. The van der Waals surface area contributed by atoms with Crippen LogP contribution in [0.5, 0.6) is 0 Å². The first-order chi connectivity index (χ1) is 4.20. The highest BCUT2D eigenvalue weighted by Gasteiger charge is 2.02. The molecule has 0 aromatic heterocycles. The summed E-state index contributed by atoms with van der Waals surface area (Å²) in [4.78, 5) is 0. The lowest BCUT2D eigenvalue weighted by molar-refractivity contribution is 0.0651. The van der Waals surface area contributed by atoms with Crippen molar-refractivity contribution in [3.8, 4) is 0 Å². The molecule has 0 N–H and O–H groups in total. The fraction of sp³-hybridized carbons (Fsp3) is 1.00. The fourth-order valence-corrected chi connectivity index (χ4v) is 0.589. The summed E-state index contributed by atoms with van der Waals surface area (Å²) in [5, 5.41) is 0. The van der Waals surface area contributed by atoms with Gasteiger partial charge >= 0.3 is 0 Å². The molecule has 0 saturated heterocycles. The second-order valence-electron chi connectivity index (χ2n) is 2.57. The zero-order chi connectivity index (χ0) is 7.28. The summed E-state index contributed by atoms with van der Waals surface area (Å²) in [6.45, 7) is 2.12. The van der Waals surface area contributed by atoms with E-state index in [-0.39, 0.29) is 0 Å². The van der Waals surface area contributed by atoms with Crippen LogP contribution in [0, 0.1) is 0 Å². The third-order valence-electron chi connectivity index (χ3n) is 1.61. The Labute approximate surface area is 60.8 Å². The molecule has 0 bridgehead atoms. The molecule has 0 heterocycles. The van der Waals surface area contributed by atoms with Crippen molar-refractivity contribution in [3.05, 3.63) is 0 Å². The molecule has 0 aliphatic rings. The fourth-order valence-electron chi connectivity index (χ4n) is 0.589. The Morgan fingerprint density at radius 2 is 1.89 bits per heavy atom. The minimum absolute atomic E-state index is 0.431. The normalized spacial score (nSPS) is 17.0. The Morgan fingerprint density at radius 1 is 1.33 bits per heavy atom. The predicted molar refractivity (Wildman–Crippen MR) is 49.6 cm³/mol. The van der Waals surface area contributed by atoms with Crippen molar-refractivity contribution in [2.75, 3.05) is 0 Å². The summed E-state index contributed by atoms with van der Waals surface area (Å²) in [7, 11) is 6.41. The van der Waals surface area contributed by atoms with Crippen LogP contribution in [0.2, 0.25) is 12.6 Å². The molecule has 0 aliphatic heterocycles. The lowest BCUT2D eigenvalue weighted by Gasteiger charge is -2.15. The van der Waals surface area contributed by atoms with E-state index in [1.807, 2.05) is 0 Å². The zero-order valence-corrected chi connectivity index (χ0v) is 6.98. The van der Waals surface area contributed by atoms with Gasteiger partial charge in [0.25, 0.3) is 0 Å². The molecule has 0 aromatic rings. The largest absolute Gasteiger partial charge is 0.386 e. The summed E-state index contributed by atoms with van der Waals surface area (Å²) in [6, 6.07) is 0.431. The van der Waals surface area contributed by atoms with E-state index in [2.05, 4.69) is 30.5 Å². The molecule has 0 unspecified atom stereocenters. The van der Waals surface area contributed by atoms with Crippen molar-refractivity contribution in [3.63, 3.8) is 0 Å². The molecular weight excluding hydrogens is 108 g/mol. The predicted octanol–water partition coefficient (Wildman–Crippen LogP) is -1.55. The van der Waals surface area contributed by atoms with E-state index in [4.69, 9.17) is 4.74 Å². The van der Waals surface area contributed by atoms with Crippen LogP contribution in [0.15, 0.2) is 0 Å². The molecule has 1 nitrogen and oxygen atoms in total. The van der Waals surface area contributed by atoms with Gasteiger partial charge in [0.1, 0.15) is 23.5 Å². The van der Waals surface area contributed by atoms with Crippen molar-refractivity contribution >= 4 is 23.5 Å². The molecule has 0 aliphatic carbocycles. The van der Waals surface area contributed by atoms with Crippen LogP contribution < -0.4 is 0 Å². The maximum absolute atomic E-state index is 5.55. The van der Waals surface area contributed by atoms with Crippen LogP contribution >= 0.6 is 0 Å². The van der Waals surface area contributed by atoms with E-state index in [1.54, 1.807) is 0 Å². The number of hydrogen-bond acceptors (Lipinski definition) is 1. The molecule has 0 radical (unpaired) electrons. The van der Waals surface area contributed by atoms with E-state index in [0.29, 0.717) is 12.1 Å². The smallest absolute Gasteiger partial charge is 0.138 e. The summed E-state index contributed by atoms with van der Waals surface area (Å²) in [6.07, 6.45) is 2.66. The molecule has 0 aromatic carbocycles. The van der Waals surface area contributed by atoms with E-state index >= 15 is 0 Å². The molecule has 2 atom stereocenters. The molecule has 50 valence electrons. The third kappa shape index (κ3) is 4.65. The summed E-state index contributed by atoms with van der Waals surface area (Å²) in [5.41, 5.74) is 0. The molecule has 9 heavy (non-hydrogen) atoms. The highest BCUT2D eigenvalue weighted by atomic mass is 16.5. The van der Waals surface area contributed by atoms with Gasteiger partial charge < -0.3 is 4.74 Å².